The van der Waals surface area contributed by atoms with Gasteiger partial charge in [-0.3, -0.25) is 4.79 Å². The predicted octanol–water partition coefficient (Wildman–Crippen LogP) is 1.66. The van der Waals surface area contributed by atoms with Crippen molar-refractivity contribution in [3.63, 3.8) is 0 Å². The molecule has 0 unspecified atom stereocenters. The van der Waals surface area contributed by atoms with Crippen LogP contribution in [0.25, 0.3) is 0 Å². The van der Waals surface area contributed by atoms with Gasteiger partial charge in [-0.05, 0) is 43.6 Å². The number of amides is 1. The molecule has 0 atom stereocenters. The number of halogens is 2. The average Bonchev–Trinajstić information content (AvgIpc) is 2.30. The third-order valence-corrected chi connectivity index (χ3v) is 2.96. The van der Waals surface area contributed by atoms with Gasteiger partial charge in [0.15, 0.2) is 0 Å². The molecular weight excluding hydrogens is 255 g/mol. The van der Waals surface area contributed by atoms with Crippen molar-refractivity contribution in [2.24, 2.45) is 0 Å². The monoisotopic (exact) mass is 272 g/mol. The van der Waals surface area contributed by atoms with Gasteiger partial charge in [0.2, 0.25) is 5.91 Å². The van der Waals surface area contributed by atoms with E-state index in [0.717, 1.165) is 31.5 Å². The fourth-order valence-electron chi connectivity index (χ4n) is 2.08. The van der Waals surface area contributed by atoms with Crippen molar-refractivity contribution in [2.75, 3.05) is 13.1 Å². The van der Waals surface area contributed by atoms with E-state index in [-0.39, 0.29) is 36.6 Å². The molecule has 1 saturated heterocycles. The van der Waals surface area contributed by atoms with E-state index < -0.39 is 0 Å². The number of hydrogen-bond acceptors (Lipinski definition) is 2. The molecule has 0 aromatic heterocycles. The van der Waals surface area contributed by atoms with E-state index in [1.54, 1.807) is 12.1 Å². The van der Waals surface area contributed by atoms with Crippen molar-refractivity contribution in [3.05, 3.63) is 35.6 Å². The van der Waals surface area contributed by atoms with Crippen LogP contribution >= 0.6 is 12.4 Å². The van der Waals surface area contributed by atoms with Crippen LogP contribution in [0.2, 0.25) is 0 Å². The summed E-state index contributed by atoms with van der Waals surface area (Å²) < 4.78 is 12.9. The maximum absolute atomic E-state index is 12.9. The molecular formula is C13H18ClFN2O. The Kier molecular flexibility index (Phi) is 6.09. The van der Waals surface area contributed by atoms with Gasteiger partial charge in [-0.15, -0.1) is 12.4 Å². The summed E-state index contributed by atoms with van der Waals surface area (Å²) in [5, 5.41) is 6.23. The highest BCUT2D eigenvalue weighted by atomic mass is 35.5. The van der Waals surface area contributed by atoms with E-state index in [2.05, 4.69) is 10.6 Å². The van der Waals surface area contributed by atoms with E-state index in [1.165, 1.54) is 12.1 Å². The Bertz CT molecular complexity index is 394. The highest BCUT2D eigenvalue weighted by molar-refractivity contribution is 5.85. The minimum Gasteiger partial charge on any atom is -0.353 e. The molecule has 1 aliphatic rings. The lowest BCUT2D eigenvalue weighted by molar-refractivity contribution is -0.121. The fraction of sp³-hybridized carbons (Fsp3) is 0.462. The van der Waals surface area contributed by atoms with Gasteiger partial charge in [0.05, 0.1) is 6.42 Å². The van der Waals surface area contributed by atoms with Crippen LogP contribution < -0.4 is 10.6 Å². The lowest BCUT2D eigenvalue weighted by atomic mass is 10.1. The number of carbonyl (C=O) groups is 1. The van der Waals surface area contributed by atoms with Crippen LogP contribution in [-0.4, -0.2) is 25.0 Å². The molecule has 0 saturated carbocycles. The molecule has 1 amide bonds. The largest absolute Gasteiger partial charge is 0.353 e. The highest BCUT2D eigenvalue weighted by Gasteiger charge is 2.15. The Morgan fingerprint density at radius 2 is 2.11 bits per heavy atom. The third-order valence-electron chi connectivity index (χ3n) is 2.96. The Hall–Kier alpha value is -1.13. The minimum absolute atomic E-state index is 0. The first-order valence-electron chi connectivity index (χ1n) is 5.98. The molecule has 3 nitrogen and oxygen atoms in total. The summed E-state index contributed by atoms with van der Waals surface area (Å²) in [6, 6.07) is 6.45. The second-order valence-electron chi connectivity index (χ2n) is 4.40. The lowest BCUT2D eigenvalue weighted by Crippen LogP contribution is -2.43. The van der Waals surface area contributed by atoms with E-state index in [1.807, 2.05) is 0 Å². The van der Waals surface area contributed by atoms with Crippen LogP contribution in [0.5, 0.6) is 0 Å². The van der Waals surface area contributed by atoms with Crippen molar-refractivity contribution >= 4 is 18.3 Å². The second-order valence-corrected chi connectivity index (χ2v) is 4.40. The molecule has 1 heterocycles. The zero-order valence-electron chi connectivity index (χ0n) is 10.1. The summed E-state index contributed by atoms with van der Waals surface area (Å²) in [4.78, 5) is 11.7. The van der Waals surface area contributed by atoms with Crippen molar-refractivity contribution in [3.8, 4) is 0 Å². The standard InChI is InChI=1S/C13H17FN2O.ClH/c14-11-3-1-2-10(8-11)9-13(17)16-12-4-6-15-7-5-12;/h1-3,8,12,15H,4-7,9H2,(H,16,17);1H. The summed E-state index contributed by atoms with van der Waals surface area (Å²) >= 11 is 0. The van der Waals surface area contributed by atoms with Gasteiger partial charge in [0.1, 0.15) is 5.82 Å². The Labute approximate surface area is 113 Å². The molecule has 2 N–H and O–H groups in total. The predicted molar refractivity (Wildman–Crippen MR) is 71.4 cm³/mol. The van der Waals surface area contributed by atoms with Crippen LogP contribution in [0.4, 0.5) is 4.39 Å². The summed E-state index contributed by atoms with van der Waals surface area (Å²) in [5.41, 5.74) is 0.719. The molecule has 0 bridgehead atoms. The molecule has 2 rings (SSSR count). The van der Waals surface area contributed by atoms with Crippen LogP contribution in [0.3, 0.4) is 0 Å². The highest BCUT2D eigenvalue weighted by Crippen LogP contribution is 2.06. The minimum atomic E-state index is -0.294. The molecule has 0 aliphatic carbocycles. The molecule has 0 radical (unpaired) electrons. The van der Waals surface area contributed by atoms with E-state index in [4.69, 9.17) is 0 Å². The SMILES string of the molecule is Cl.O=C(Cc1cccc(F)c1)NC1CCNCC1. The van der Waals surface area contributed by atoms with Crippen LogP contribution in [0.1, 0.15) is 18.4 Å². The number of rotatable bonds is 3. The Morgan fingerprint density at radius 3 is 2.78 bits per heavy atom. The fourth-order valence-corrected chi connectivity index (χ4v) is 2.08. The average molecular weight is 273 g/mol. The van der Waals surface area contributed by atoms with Crippen molar-refractivity contribution < 1.29 is 9.18 Å². The molecule has 1 aromatic carbocycles. The van der Waals surface area contributed by atoms with Crippen molar-refractivity contribution in [2.45, 2.75) is 25.3 Å². The first-order valence-corrected chi connectivity index (χ1v) is 5.98. The third kappa shape index (κ3) is 4.63. The first kappa shape index (κ1) is 14.9. The molecule has 1 aliphatic heterocycles. The molecule has 1 aromatic rings. The number of nitrogens with one attached hydrogen (secondary N) is 2. The maximum Gasteiger partial charge on any atom is 0.224 e. The molecule has 18 heavy (non-hydrogen) atoms. The summed E-state index contributed by atoms with van der Waals surface area (Å²) in [7, 11) is 0. The number of benzene rings is 1. The van der Waals surface area contributed by atoms with E-state index in [9.17, 15) is 9.18 Å². The van der Waals surface area contributed by atoms with Gasteiger partial charge in [0.25, 0.3) is 0 Å². The molecule has 0 spiro atoms. The number of carbonyl (C=O) groups excluding carboxylic acids is 1. The van der Waals surface area contributed by atoms with Gasteiger partial charge < -0.3 is 10.6 Å². The van der Waals surface area contributed by atoms with E-state index in [0.29, 0.717) is 0 Å². The van der Waals surface area contributed by atoms with Gasteiger partial charge >= 0.3 is 0 Å². The van der Waals surface area contributed by atoms with Gasteiger partial charge in [-0.25, -0.2) is 4.39 Å². The normalized spacial score (nSPS) is 15.8. The number of piperidine rings is 1. The second kappa shape index (κ2) is 7.34. The molecule has 1 fully saturated rings. The smallest absolute Gasteiger partial charge is 0.224 e. The summed E-state index contributed by atoms with van der Waals surface area (Å²) in [6.07, 6.45) is 2.19. The van der Waals surface area contributed by atoms with Crippen molar-refractivity contribution in [1.82, 2.24) is 10.6 Å². The van der Waals surface area contributed by atoms with Gasteiger partial charge in [0, 0.05) is 6.04 Å². The van der Waals surface area contributed by atoms with Gasteiger partial charge in [-0.2, -0.15) is 0 Å². The van der Waals surface area contributed by atoms with E-state index >= 15 is 0 Å². The zero-order chi connectivity index (χ0) is 12.1. The van der Waals surface area contributed by atoms with Crippen LogP contribution in [-0.2, 0) is 11.2 Å². The summed E-state index contributed by atoms with van der Waals surface area (Å²) in [6.45, 7) is 1.90. The topological polar surface area (TPSA) is 41.1 Å². The Morgan fingerprint density at radius 1 is 1.39 bits per heavy atom. The van der Waals surface area contributed by atoms with Gasteiger partial charge in [-0.1, -0.05) is 12.1 Å². The van der Waals surface area contributed by atoms with Crippen molar-refractivity contribution in [1.29, 1.82) is 0 Å². The van der Waals surface area contributed by atoms with Crippen LogP contribution in [0.15, 0.2) is 24.3 Å². The van der Waals surface area contributed by atoms with Crippen LogP contribution in [0, 0.1) is 5.82 Å². The quantitative estimate of drug-likeness (QED) is 0.879. The zero-order valence-corrected chi connectivity index (χ0v) is 10.9. The molecule has 100 valence electrons. The molecule has 5 heteroatoms. The maximum atomic E-state index is 12.9. The Balaban J connectivity index is 0.00000162. The first-order chi connectivity index (χ1) is 8.24. The number of hydrogen-bond donors (Lipinski definition) is 2. The summed E-state index contributed by atoms with van der Waals surface area (Å²) in [5.74, 6) is -0.320. The lowest BCUT2D eigenvalue weighted by Gasteiger charge is -2.23.